The molecule has 2 aromatic rings. The molecule has 0 atom stereocenters. The van der Waals surface area contributed by atoms with Gasteiger partial charge in [-0.25, -0.2) is 30.4 Å². The number of anilines is 1. The predicted octanol–water partition coefficient (Wildman–Crippen LogP) is -2.37. The summed E-state index contributed by atoms with van der Waals surface area (Å²) < 4.78 is 88.6. The normalized spacial score (nSPS) is 12.6. The van der Waals surface area contributed by atoms with Gasteiger partial charge in [0.2, 0.25) is 10.0 Å². The summed E-state index contributed by atoms with van der Waals surface area (Å²) in [5.74, 6) is 0.369. The van der Waals surface area contributed by atoms with Crippen molar-refractivity contribution in [3.05, 3.63) is 36.3 Å². The third kappa shape index (κ3) is 5.57. The maximum atomic E-state index is 12.6. The number of sulfone groups is 1. The number of hydrogen-bond acceptors (Lipinski definition) is 9. The summed E-state index contributed by atoms with van der Waals surface area (Å²) in [7, 11) is -14.0. The van der Waals surface area contributed by atoms with Gasteiger partial charge in [-0.1, -0.05) is 0 Å². The summed E-state index contributed by atoms with van der Waals surface area (Å²) >= 11 is 0. The van der Waals surface area contributed by atoms with Gasteiger partial charge in [-0.05, 0) is 38.1 Å². The van der Waals surface area contributed by atoms with Gasteiger partial charge in [0.1, 0.15) is 20.8 Å². The molecule has 0 unspecified atom stereocenters. The Kier molecular flexibility index (Phi) is 7.92. The van der Waals surface area contributed by atoms with Gasteiger partial charge in [0, 0.05) is 0 Å². The van der Waals surface area contributed by atoms with Crippen molar-refractivity contribution in [2.45, 2.75) is 40.3 Å². The molecule has 0 saturated carbocycles. The standard InChI is InChI=1S/C14H18N2O8S3.Na/c1-9(2)25(17,18)13-6-11(16-8-10-4-3-5-24-10)12(27(21,22)23)7-14(13)26(15,19)20;/h3-7,9,16H,8H2,1-2H3,(H2,15,19,20)(H,21,22,23);/q;+1/p-1. The van der Waals surface area contributed by atoms with Crippen molar-refractivity contribution < 1.29 is 63.8 Å². The molecule has 1 heterocycles. The molecule has 10 nitrogen and oxygen atoms in total. The number of benzene rings is 1. The Labute approximate surface area is 185 Å². The van der Waals surface area contributed by atoms with Crippen molar-refractivity contribution in [3.63, 3.8) is 0 Å². The van der Waals surface area contributed by atoms with Gasteiger partial charge < -0.3 is 14.3 Å². The van der Waals surface area contributed by atoms with Gasteiger partial charge in [0.25, 0.3) is 0 Å². The Morgan fingerprint density at radius 2 is 1.68 bits per heavy atom. The number of rotatable bonds is 7. The maximum Gasteiger partial charge on any atom is 1.00 e. The number of sulfonamides is 1. The number of primary sulfonamides is 1. The molecule has 0 radical (unpaired) electrons. The molecule has 0 spiro atoms. The Morgan fingerprint density at radius 3 is 2.11 bits per heavy atom. The van der Waals surface area contributed by atoms with Crippen LogP contribution in [0.3, 0.4) is 0 Å². The summed E-state index contributed by atoms with van der Waals surface area (Å²) in [5.41, 5.74) is -0.381. The zero-order valence-electron chi connectivity index (χ0n) is 15.2. The summed E-state index contributed by atoms with van der Waals surface area (Å²) in [6, 6.07) is 4.37. The molecule has 0 fully saturated rings. The van der Waals surface area contributed by atoms with E-state index in [2.05, 4.69) is 5.32 Å². The zero-order chi connectivity index (χ0) is 20.6. The third-order valence-electron chi connectivity index (χ3n) is 3.58. The predicted molar refractivity (Wildman–Crippen MR) is 94.1 cm³/mol. The van der Waals surface area contributed by atoms with Crippen molar-refractivity contribution in [3.8, 4) is 0 Å². The molecule has 0 amide bonds. The molecule has 1 aromatic carbocycles. The summed E-state index contributed by atoms with van der Waals surface area (Å²) in [4.78, 5) is -2.61. The van der Waals surface area contributed by atoms with E-state index in [-0.39, 0.29) is 41.8 Å². The fraction of sp³-hybridized carbons (Fsp3) is 0.286. The van der Waals surface area contributed by atoms with Crippen molar-refractivity contribution in [1.29, 1.82) is 0 Å². The second-order valence-corrected chi connectivity index (χ2v) is 11.2. The van der Waals surface area contributed by atoms with E-state index in [0.29, 0.717) is 11.8 Å². The first-order valence-electron chi connectivity index (χ1n) is 7.41. The quantitative estimate of drug-likeness (QED) is 0.338. The van der Waals surface area contributed by atoms with E-state index in [4.69, 9.17) is 9.56 Å². The molecule has 0 aliphatic heterocycles. The first-order chi connectivity index (χ1) is 12.2. The largest absolute Gasteiger partial charge is 1.00 e. The summed E-state index contributed by atoms with van der Waals surface area (Å²) in [6.45, 7) is 2.55. The molecule has 2 rings (SSSR count). The number of hydrogen-bond donors (Lipinski definition) is 2. The molecular weight excluding hydrogens is 443 g/mol. The molecule has 3 N–H and O–H groups in total. The first-order valence-corrected chi connectivity index (χ1v) is 11.9. The van der Waals surface area contributed by atoms with Gasteiger partial charge >= 0.3 is 29.6 Å². The first kappa shape index (κ1) is 25.1. The van der Waals surface area contributed by atoms with Crippen molar-refractivity contribution in [2.75, 3.05) is 5.32 Å². The van der Waals surface area contributed by atoms with E-state index < -0.39 is 49.9 Å². The number of furan rings is 1. The number of nitrogens with one attached hydrogen (secondary N) is 1. The average molecular weight is 460 g/mol. The second kappa shape index (κ2) is 8.83. The van der Waals surface area contributed by atoms with E-state index in [1.807, 2.05) is 0 Å². The molecular formula is C14H17N2NaO8S3. The Balaban J connectivity index is 0.00000392. The third-order valence-corrected chi connectivity index (χ3v) is 7.73. The van der Waals surface area contributed by atoms with E-state index in [0.717, 1.165) is 6.07 Å². The minimum atomic E-state index is -5.15. The van der Waals surface area contributed by atoms with Crippen LogP contribution in [0.1, 0.15) is 19.6 Å². The summed E-state index contributed by atoms with van der Waals surface area (Å²) in [6.07, 6.45) is 1.36. The molecule has 0 aliphatic rings. The fourth-order valence-electron chi connectivity index (χ4n) is 2.18. The molecule has 1 aromatic heterocycles. The molecule has 0 bridgehead atoms. The van der Waals surface area contributed by atoms with Crippen LogP contribution in [0.15, 0.2) is 49.6 Å². The van der Waals surface area contributed by atoms with E-state index in [1.165, 1.54) is 20.1 Å². The maximum absolute atomic E-state index is 12.6. The number of nitrogens with two attached hydrogens (primary N) is 1. The van der Waals surface area contributed by atoms with Gasteiger partial charge in [-0.2, -0.15) is 0 Å². The smallest absolute Gasteiger partial charge is 0.744 e. The van der Waals surface area contributed by atoms with Crippen LogP contribution in [0.25, 0.3) is 0 Å². The molecule has 0 aliphatic carbocycles. The van der Waals surface area contributed by atoms with E-state index >= 15 is 0 Å². The van der Waals surface area contributed by atoms with Crippen LogP contribution >= 0.6 is 0 Å². The Morgan fingerprint density at radius 1 is 1.07 bits per heavy atom. The minimum absolute atomic E-state index is 0. The average Bonchev–Trinajstić information content (AvgIpc) is 3.03. The molecule has 150 valence electrons. The van der Waals surface area contributed by atoms with Crippen LogP contribution in [0.4, 0.5) is 5.69 Å². The SMILES string of the molecule is CC(C)S(=O)(=O)c1cc(NCc2ccco2)c(S(=O)(=O)[O-])cc1S(N)(=O)=O.[Na+]. The van der Waals surface area contributed by atoms with E-state index in [1.54, 1.807) is 12.1 Å². The van der Waals surface area contributed by atoms with Gasteiger partial charge in [-0.15, -0.1) is 0 Å². The van der Waals surface area contributed by atoms with Crippen LogP contribution in [0.2, 0.25) is 0 Å². The fourth-order valence-corrected chi connectivity index (χ4v) is 5.37. The van der Waals surface area contributed by atoms with Crippen LogP contribution in [0, 0.1) is 0 Å². The minimum Gasteiger partial charge on any atom is -0.744 e. The van der Waals surface area contributed by atoms with Crippen LogP contribution in [0.5, 0.6) is 0 Å². The summed E-state index contributed by atoms with van der Waals surface area (Å²) in [5, 5.41) is 6.60. The Hall–Kier alpha value is -0.930. The van der Waals surface area contributed by atoms with Gasteiger partial charge in [-0.3, -0.25) is 0 Å². The molecule has 14 heteroatoms. The van der Waals surface area contributed by atoms with Gasteiger partial charge in [0.15, 0.2) is 9.84 Å². The van der Waals surface area contributed by atoms with Crippen molar-refractivity contribution in [1.82, 2.24) is 0 Å². The molecule has 28 heavy (non-hydrogen) atoms. The van der Waals surface area contributed by atoms with Crippen LogP contribution in [-0.4, -0.2) is 35.1 Å². The van der Waals surface area contributed by atoms with Crippen molar-refractivity contribution in [2.24, 2.45) is 5.14 Å². The van der Waals surface area contributed by atoms with E-state index in [9.17, 15) is 29.8 Å². The van der Waals surface area contributed by atoms with Crippen LogP contribution < -0.4 is 40.0 Å². The molecule has 0 saturated heterocycles. The monoisotopic (exact) mass is 460 g/mol. The van der Waals surface area contributed by atoms with Crippen molar-refractivity contribution >= 4 is 35.7 Å². The topological polar surface area (TPSA) is 177 Å². The van der Waals surface area contributed by atoms with Gasteiger partial charge in [0.05, 0.1) is 33.5 Å². The second-order valence-electron chi connectivity index (χ2n) is 5.82. The van der Waals surface area contributed by atoms with Crippen LogP contribution in [-0.2, 0) is 36.5 Å². The zero-order valence-corrected chi connectivity index (χ0v) is 19.7. The Bertz CT molecular complexity index is 1160.